The molecule has 4 rings (SSSR count). The smallest absolute Gasteiger partial charge is 0.255 e. The Morgan fingerprint density at radius 1 is 0.917 bits per heavy atom. The van der Waals surface area contributed by atoms with Gasteiger partial charge in [-0.15, -0.1) is 0 Å². The quantitative estimate of drug-likeness (QED) is 0.325. The SMILES string of the molecule is CCCCCCC(=O)N1CCN(C(=O)c2cc(-c3ccc(Cl)cc3)n(-c3cccc(F)c3)c2C)CC1. The van der Waals surface area contributed by atoms with Crippen molar-refractivity contribution in [1.29, 1.82) is 0 Å². The molecule has 2 heterocycles. The van der Waals surface area contributed by atoms with E-state index < -0.39 is 0 Å². The average Bonchev–Trinajstić information content (AvgIpc) is 3.23. The fourth-order valence-corrected chi connectivity index (χ4v) is 4.92. The van der Waals surface area contributed by atoms with Crippen LogP contribution in [-0.2, 0) is 4.79 Å². The Morgan fingerprint density at radius 2 is 1.61 bits per heavy atom. The molecular formula is C29H33ClFN3O2. The predicted molar refractivity (Wildman–Crippen MR) is 142 cm³/mol. The summed E-state index contributed by atoms with van der Waals surface area (Å²) >= 11 is 6.10. The average molecular weight is 510 g/mol. The third-order valence-corrected chi connectivity index (χ3v) is 7.10. The Bertz CT molecular complexity index is 1210. The molecule has 36 heavy (non-hydrogen) atoms. The highest BCUT2D eigenvalue weighted by Gasteiger charge is 2.28. The fourth-order valence-electron chi connectivity index (χ4n) is 4.79. The van der Waals surface area contributed by atoms with Crippen LogP contribution in [0.1, 0.15) is 55.1 Å². The Balaban J connectivity index is 1.55. The molecule has 1 fully saturated rings. The van der Waals surface area contributed by atoms with Crippen LogP contribution in [0.4, 0.5) is 4.39 Å². The van der Waals surface area contributed by atoms with Crippen molar-refractivity contribution in [2.75, 3.05) is 26.2 Å². The summed E-state index contributed by atoms with van der Waals surface area (Å²) in [5, 5.41) is 0.619. The van der Waals surface area contributed by atoms with Gasteiger partial charge in [-0.2, -0.15) is 0 Å². The minimum Gasteiger partial charge on any atom is -0.339 e. The van der Waals surface area contributed by atoms with E-state index in [1.807, 2.05) is 45.6 Å². The number of halogens is 2. The number of aromatic nitrogens is 1. The van der Waals surface area contributed by atoms with Gasteiger partial charge >= 0.3 is 0 Å². The van der Waals surface area contributed by atoms with Crippen molar-refractivity contribution in [1.82, 2.24) is 14.4 Å². The summed E-state index contributed by atoms with van der Waals surface area (Å²) in [4.78, 5) is 29.8. The van der Waals surface area contributed by atoms with Gasteiger partial charge in [0.05, 0.1) is 11.3 Å². The second kappa shape index (κ2) is 11.7. The number of rotatable bonds is 8. The van der Waals surface area contributed by atoms with Gasteiger partial charge in [0.15, 0.2) is 0 Å². The zero-order valence-electron chi connectivity index (χ0n) is 21.0. The summed E-state index contributed by atoms with van der Waals surface area (Å²) in [7, 11) is 0. The molecule has 1 saturated heterocycles. The molecule has 7 heteroatoms. The van der Waals surface area contributed by atoms with Crippen LogP contribution < -0.4 is 0 Å². The van der Waals surface area contributed by atoms with Gasteiger partial charge in [-0.1, -0.05) is 56.0 Å². The summed E-state index contributed by atoms with van der Waals surface area (Å²) in [5.41, 5.74) is 3.63. The molecule has 2 aromatic carbocycles. The highest BCUT2D eigenvalue weighted by atomic mass is 35.5. The molecule has 1 aliphatic heterocycles. The number of nitrogens with zero attached hydrogens (tertiary/aromatic N) is 3. The first kappa shape index (κ1) is 26.0. The first-order valence-corrected chi connectivity index (χ1v) is 13.1. The van der Waals surface area contributed by atoms with E-state index in [2.05, 4.69) is 6.92 Å². The molecule has 0 radical (unpaired) electrons. The maximum absolute atomic E-state index is 14.1. The standard InChI is InChI=1S/C29H33ClFN3O2/c1-3-4-5-6-10-28(35)32-15-17-33(18-16-32)29(36)26-20-27(22-11-13-23(30)14-12-22)34(21(26)2)25-9-7-8-24(31)19-25/h7-9,11-14,19-20H,3-6,10,15-18H2,1-2H3. The zero-order valence-corrected chi connectivity index (χ0v) is 21.7. The van der Waals surface area contributed by atoms with Gasteiger partial charge in [0.2, 0.25) is 5.91 Å². The van der Waals surface area contributed by atoms with Crippen LogP contribution in [0.2, 0.25) is 5.02 Å². The highest BCUT2D eigenvalue weighted by molar-refractivity contribution is 6.30. The van der Waals surface area contributed by atoms with Crippen molar-refractivity contribution in [2.45, 2.75) is 46.0 Å². The van der Waals surface area contributed by atoms with Gasteiger partial charge in [0, 0.05) is 49.0 Å². The number of unbranched alkanes of at least 4 members (excludes halogenated alkanes) is 3. The second-order valence-corrected chi connectivity index (χ2v) is 9.77. The number of carbonyl (C=O) groups is 2. The molecule has 190 valence electrons. The normalized spacial score (nSPS) is 13.8. The third kappa shape index (κ3) is 5.81. The molecule has 1 aliphatic rings. The van der Waals surface area contributed by atoms with E-state index in [4.69, 9.17) is 11.6 Å². The van der Waals surface area contributed by atoms with Gasteiger partial charge in [-0.3, -0.25) is 9.59 Å². The van der Waals surface area contributed by atoms with Crippen molar-refractivity contribution >= 4 is 23.4 Å². The maximum atomic E-state index is 14.1. The van der Waals surface area contributed by atoms with E-state index in [9.17, 15) is 14.0 Å². The van der Waals surface area contributed by atoms with Gasteiger partial charge in [0.1, 0.15) is 5.82 Å². The lowest BCUT2D eigenvalue weighted by Crippen LogP contribution is -2.50. The van der Waals surface area contributed by atoms with E-state index in [-0.39, 0.29) is 17.6 Å². The van der Waals surface area contributed by atoms with E-state index >= 15 is 0 Å². The van der Waals surface area contributed by atoms with E-state index in [1.54, 1.807) is 18.2 Å². The van der Waals surface area contributed by atoms with Crippen molar-refractivity contribution < 1.29 is 14.0 Å². The molecule has 0 bridgehead atoms. The van der Waals surface area contributed by atoms with Gasteiger partial charge < -0.3 is 14.4 Å². The number of amides is 2. The maximum Gasteiger partial charge on any atom is 0.255 e. The lowest BCUT2D eigenvalue weighted by molar-refractivity contribution is -0.132. The lowest BCUT2D eigenvalue weighted by atomic mass is 10.1. The summed E-state index contributed by atoms with van der Waals surface area (Å²) in [6.45, 7) is 6.14. The van der Waals surface area contributed by atoms with Crippen LogP contribution in [0.15, 0.2) is 54.6 Å². The molecule has 0 aliphatic carbocycles. The minimum absolute atomic E-state index is 0.0760. The van der Waals surface area contributed by atoms with Crippen LogP contribution >= 0.6 is 11.6 Å². The van der Waals surface area contributed by atoms with Gasteiger partial charge in [-0.25, -0.2) is 4.39 Å². The first-order chi connectivity index (χ1) is 17.4. The highest BCUT2D eigenvalue weighted by Crippen LogP contribution is 2.31. The molecule has 0 saturated carbocycles. The third-order valence-electron chi connectivity index (χ3n) is 6.85. The molecular weight excluding hydrogens is 477 g/mol. The monoisotopic (exact) mass is 509 g/mol. The minimum atomic E-state index is -0.342. The van der Waals surface area contributed by atoms with Crippen LogP contribution in [0.25, 0.3) is 16.9 Å². The fraction of sp³-hybridized carbons (Fsp3) is 0.379. The molecule has 1 aromatic heterocycles. The molecule has 3 aromatic rings. The van der Waals surface area contributed by atoms with Gasteiger partial charge in [0.25, 0.3) is 5.91 Å². The summed E-state index contributed by atoms with van der Waals surface area (Å²) in [5.74, 6) is -0.240. The number of hydrogen-bond donors (Lipinski definition) is 0. The van der Waals surface area contributed by atoms with E-state index in [1.165, 1.54) is 12.1 Å². The topological polar surface area (TPSA) is 45.6 Å². The first-order valence-electron chi connectivity index (χ1n) is 12.7. The van der Waals surface area contributed by atoms with Gasteiger partial charge in [-0.05, 0) is 55.3 Å². The van der Waals surface area contributed by atoms with Crippen LogP contribution in [-0.4, -0.2) is 52.4 Å². The van der Waals surface area contributed by atoms with Crippen LogP contribution in [0.3, 0.4) is 0 Å². The van der Waals surface area contributed by atoms with E-state index in [0.29, 0.717) is 48.9 Å². The predicted octanol–water partition coefficient (Wildman–Crippen LogP) is 6.50. The lowest BCUT2D eigenvalue weighted by Gasteiger charge is -2.35. The van der Waals surface area contributed by atoms with Crippen molar-refractivity contribution in [3.63, 3.8) is 0 Å². The Hall–Kier alpha value is -3.12. The molecule has 2 amide bonds. The van der Waals surface area contributed by atoms with E-state index in [0.717, 1.165) is 42.6 Å². The number of piperazine rings is 1. The summed E-state index contributed by atoms with van der Waals surface area (Å²) < 4.78 is 16.0. The Kier molecular flexibility index (Phi) is 8.47. The van der Waals surface area contributed by atoms with Crippen LogP contribution in [0, 0.1) is 12.7 Å². The van der Waals surface area contributed by atoms with Crippen LogP contribution in [0.5, 0.6) is 0 Å². The molecule has 0 spiro atoms. The van der Waals surface area contributed by atoms with Crippen molar-refractivity contribution in [2.24, 2.45) is 0 Å². The van der Waals surface area contributed by atoms with Crippen molar-refractivity contribution in [3.05, 3.63) is 76.7 Å². The van der Waals surface area contributed by atoms with Crippen molar-refractivity contribution in [3.8, 4) is 16.9 Å². The largest absolute Gasteiger partial charge is 0.339 e. The number of carbonyl (C=O) groups excluding carboxylic acids is 2. The number of hydrogen-bond acceptors (Lipinski definition) is 2. The summed E-state index contributed by atoms with van der Waals surface area (Å²) in [6.07, 6.45) is 4.88. The zero-order chi connectivity index (χ0) is 25.7. The second-order valence-electron chi connectivity index (χ2n) is 9.33. The molecule has 0 unspecified atom stereocenters. The Morgan fingerprint density at radius 3 is 2.28 bits per heavy atom. The molecule has 0 atom stereocenters. The molecule has 0 N–H and O–H groups in total. The number of benzene rings is 2. The molecule has 5 nitrogen and oxygen atoms in total. The summed E-state index contributed by atoms with van der Waals surface area (Å²) in [6, 6.07) is 15.6. The Labute approximate surface area is 217 Å².